The molecule has 0 unspecified atom stereocenters. The first-order chi connectivity index (χ1) is 34.0. The molecule has 0 aliphatic heterocycles. The molecule has 4 aromatic carbocycles. The number of nitrogens with zero attached hydrogens (tertiary/aromatic N) is 2. The second-order valence-electron chi connectivity index (χ2n) is 18.5. The van der Waals surface area contributed by atoms with E-state index < -0.39 is 11.9 Å². The van der Waals surface area contributed by atoms with Gasteiger partial charge in [-0.3, -0.25) is 0 Å². The van der Waals surface area contributed by atoms with Gasteiger partial charge in [0.1, 0.15) is 28.7 Å². The van der Waals surface area contributed by atoms with Crippen LogP contribution in [0.15, 0.2) is 101 Å². The van der Waals surface area contributed by atoms with E-state index in [-0.39, 0.29) is 17.2 Å². The molecule has 0 radical (unpaired) electrons. The van der Waals surface area contributed by atoms with Gasteiger partial charge in [0.15, 0.2) is 5.75 Å². The fourth-order valence-electron chi connectivity index (χ4n) is 8.28. The van der Waals surface area contributed by atoms with Gasteiger partial charge in [0.05, 0.1) is 36.6 Å². The highest BCUT2D eigenvalue weighted by molar-refractivity contribution is 5.93. The number of hydrogen-bond acceptors (Lipinski definition) is 9. The Morgan fingerprint density at radius 2 is 0.710 bits per heavy atom. The minimum atomic E-state index is -0.598. The molecule has 4 aromatic rings. The van der Waals surface area contributed by atoms with Gasteiger partial charge in [0.2, 0.25) is 0 Å². The van der Waals surface area contributed by atoms with E-state index in [0.717, 1.165) is 31.4 Å². The summed E-state index contributed by atoms with van der Waals surface area (Å²) in [6.07, 6.45) is 36.8. The minimum Gasteiger partial charge on any atom is -0.494 e. The van der Waals surface area contributed by atoms with Crippen LogP contribution in [0.1, 0.15) is 221 Å². The summed E-state index contributed by atoms with van der Waals surface area (Å²) in [5, 5.41) is 8.75. The molecule has 0 saturated heterocycles. The third kappa shape index (κ3) is 25.3. The van der Waals surface area contributed by atoms with Crippen LogP contribution in [0.4, 0.5) is 11.4 Å². The van der Waals surface area contributed by atoms with Crippen LogP contribution in [0.2, 0.25) is 0 Å². The first-order valence-corrected chi connectivity index (χ1v) is 27.2. The van der Waals surface area contributed by atoms with Crippen molar-refractivity contribution in [2.24, 2.45) is 10.2 Å². The number of hydrogen-bond donors (Lipinski definition) is 0. The van der Waals surface area contributed by atoms with Gasteiger partial charge < -0.3 is 23.7 Å². The third-order valence-corrected chi connectivity index (χ3v) is 12.5. The van der Waals surface area contributed by atoms with Crippen LogP contribution in [0.3, 0.4) is 0 Å². The van der Waals surface area contributed by atoms with Crippen molar-refractivity contribution in [3.05, 3.63) is 102 Å². The van der Waals surface area contributed by atoms with E-state index >= 15 is 0 Å². The summed E-state index contributed by atoms with van der Waals surface area (Å²) in [4.78, 5) is 26.8. The lowest BCUT2D eigenvalue weighted by molar-refractivity contribution is 0.0733. The smallest absolute Gasteiger partial charge is 0.343 e. The first-order valence-electron chi connectivity index (χ1n) is 27.2. The average molecular weight is 947 g/mol. The van der Waals surface area contributed by atoms with Crippen molar-refractivity contribution in [1.82, 2.24) is 0 Å². The summed E-state index contributed by atoms with van der Waals surface area (Å²) in [7, 11) is 0. The molecule has 0 atom stereocenters. The lowest BCUT2D eigenvalue weighted by Gasteiger charge is -2.11. The molecule has 0 bridgehead atoms. The maximum absolute atomic E-state index is 13.5. The highest BCUT2D eigenvalue weighted by atomic mass is 16.5. The highest BCUT2D eigenvalue weighted by Crippen LogP contribution is 2.35. The summed E-state index contributed by atoms with van der Waals surface area (Å²) in [5.74, 6) is 1.26. The number of esters is 2. The van der Waals surface area contributed by atoms with E-state index in [1.165, 1.54) is 160 Å². The van der Waals surface area contributed by atoms with Crippen LogP contribution in [0.5, 0.6) is 28.7 Å². The Morgan fingerprint density at radius 1 is 0.362 bits per heavy atom. The SMILES string of the molecule is CCCCCCCCCCCCCCCCOc1ccc(C(=O)Oc2ccc(N=Nc3ccc(OCC)cc3)c(OC(=O)c3ccc(OCCCCCCCCCCCCCCCC)cc3)c2)cc1. The summed E-state index contributed by atoms with van der Waals surface area (Å²) in [6.45, 7) is 8.30. The Hall–Kier alpha value is -5.18. The van der Waals surface area contributed by atoms with Gasteiger partial charge in [0, 0.05) is 6.07 Å². The van der Waals surface area contributed by atoms with Crippen LogP contribution in [0, 0.1) is 0 Å². The van der Waals surface area contributed by atoms with Crippen LogP contribution >= 0.6 is 0 Å². The van der Waals surface area contributed by atoms with E-state index in [1.807, 2.05) is 19.1 Å². The summed E-state index contributed by atoms with van der Waals surface area (Å²) in [5.41, 5.74) is 1.57. The van der Waals surface area contributed by atoms with E-state index in [4.69, 9.17) is 23.7 Å². The number of unbranched alkanes of at least 4 members (excludes halogenated alkanes) is 26. The van der Waals surface area contributed by atoms with Crippen molar-refractivity contribution in [3.8, 4) is 28.7 Å². The van der Waals surface area contributed by atoms with Crippen LogP contribution < -0.4 is 23.7 Å². The molecule has 0 fully saturated rings. The molecule has 9 nitrogen and oxygen atoms in total. The maximum Gasteiger partial charge on any atom is 0.343 e. The second kappa shape index (κ2) is 36.8. The van der Waals surface area contributed by atoms with E-state index in [9.17, 15) is 9.59 Å². The predicted molar refractivity (Wildman–Crippen MR) is 283 cm³/mol. The molecule has 0 spiro atoms. The van der Waals surface area contributed by atoms with Gasteiger partial charge in [-0.1, -0.05) is 181 Å². The normalized spacial score (nSPS) is 11.2. The number of carbonyl (C=O) groups excluding carboxylic acids is 2. The molecule has 378 valence electrons. The molecule has 0 aliphatic carbocycles. The average Bonchev–Trinajstić information content (AvgIpc) is 3.37. The Bertz CT molecular complexity index is 1960. The zero-order valence-electron chi connectivity index (χ0n) is 42.8. The van der Waals surface area contributed by atoms with Crippen LogP contribution in [0.25, 0.3) is 0 Å². The summed E-state index contributed by atoms with van der Waals surface area (Å²) < 4.78 is 29.2. The van der Waals surface area contributed by atoms with Crippen molar-refractivity contribution in [2.45, 2.75) is 201 Å². The maximum atomic E-state index is 13.5. The number of azo groups is 1. The van der Waals surface area contributed by atoms with Crippen molar-refractivity contribution in [1.29, 1.82) is 0 Å². The monoisotopic (exact) mass is 947 g/mol. The number of ether oxygens (including phenoxy) is 5. The van der Waals surface area contributed by atoms with Crippen LogP contribution in [-0.4, -0.2) is 31.8 Å². The molecule has 0 N–H and O–H groups in total. The molecule has 0 amide bonds. The Labute approximate surface area is 416 Å². The molecule has 4 rings (SSSR count). The lowest BCUT2D eigenvalue weighted by Crippen LogP contribution is -2.10. The quantitative estimate of drug-likeness (QED) is 0.0189. The van der Waals surface area contributed by atoms with Gasteiger partial charge >= 0.3 is 11.9 Å². The Kier molecular flexibility index (Phi) is 30.0. The Morgan fingerprint density at radius 3 is 1.12 bits per heavy atom. The lowest BCUT2D eigenvalue weighted by atomic mass is 10.0. The topological polar surface area (TPSA) is 105 Å². The third-order valence-electron chi connectivity index (χ3n) is 12.5. The molecule has 69 heavy (non-hydrogen) atoms. The largest absolute Gasteiger partial charge is 0.494 e. The zero-order valence-corrected chi connectivity index (χ0v) is 42.8. The predicted octanol–water partition coefficient (Wildman–Crippen LogP) is 18.7. The van der Waals surface area contributed by atoms with Gasteiger partial charge in [0.25, 0.3) is 0 Å². The van der Waals surface area contributed by atoms with Crippen molar-refractivity contribution >= 4 is 23.3 Å². The van der Waals surface area contributed by atoms with E-state index in [0.29, 0.717) is 48.1 Å². The molecular formula is C60H86N2O7. The highest BCUT2D eigenvalue weighted by Gasteiger charge is 2.16. The van der Waals surface area contributed by atoms with E-state index in [2.05, 4.69) is 24.1 Å². The number of carbonyl (C=O) groups is 2. The molecule has 0 saturated carbocycles. The molecule has 0 aliphatic rings. The molecular weight excluding hydrogens is 861 g/mol. The second-order valence-corrected chi connectivity index (χ2v) is 18.5. The standard InChI is InChI=1S/C60H86N2O7/c1-4-7-9-11-13-15-17-19-21-23-25-27-29-31-47-66-54-39-33-50(34-40-54)59(63)68-56-45-46-57(62-61-52-37-43-53(44-38-52)65-6-3)58(49-56)69-60(64)51-35-41-55(42-36-51)67-48-32-30-28-26-24-22-20-18-16-14-12-10-8-5-2/h33-46,49H,4-32,47-48H2,1-3H3. The van der Waals surface area contributed by atoms with Gasteiger partial charge in [-0.25, -0.2) is 9.59 Å². The first kappa shape index (κ1) is 56.4. The van der Waals surface area contributed by atoms with Gasteiger partial charge in [-0.15, -0.1) is 5.11 Å². The number of benzene rings is 4. The van der Waals surface area contributed by atoms with Gasteiger partial charge in [-0.2, -0.15) is 5.11 Å². The summed E-state index contributed by atoms with van der Waals surface area (Å²) in [6, 6.07) is 25.8. The van der Waals surface area contributed by atoms with Crippen molar-refractivity contribution in [2.75, 3.05) is 19.8 Å². The molecule has 9 heteroatoms. The zero-order chi connectivity index (χ0) is 48.8. The Balaban J connectivity index is 1.21. The van der Waals surface area contributed by atoms with E-state index in [1.54, 1.807) is 72.8 Å². The molecule has 0 heterocycles. The fourth-order valence-corrected chi connectivity index (χ4v) is 8.28. The number of rotatable bonds is 40. The molecule has 0 aromatic heterocycles. The van der Waals surface area contributed by atoms with Crippen molar-refractivity contribution < 1.29 is 33.3 Å². The summed E-state index contributed by atoms with van der Waals surface area (Å²) >= 11 is 0. The fraction of sp³-hybridized carbons (Fsp3) is 0.567. The van der Waals surface area contributed by atoms with Crippen LogP contribution in [-0.2, 0) is 0 Å². The minimum absolute atomic E-state index is 0.0883. The van der Waals surface area contributed by atoms with Gasteiger partial charge in [-0.05, 0) is 105 Å². The van der Waals surface area contributed by atoms with Crippen molar-refractivity contribution in [3.63, 3.8) is 0 Å².